The van der Waals surface area contributed by atoms with Crippen LogP contribution in [0.1, 0.15) is 106 Å². The summed E-state index contributed by atoms with van der Waals surface area (Å²) in [5.74, 6) is 3.92. The lowest BCUT2D eigenvalue weighted by Crippen LogP contribution is -2.53. The number of rotatable bonds is 3. The van der Waals surface area contributed by atoms with Gasteiger partial charge in [0.05, 0.1) is 5.92 Å². The van der Waals surface area contributed by atoms with Gasteiger partial charge in [-0.2, -0.15) is 0 Å². The van der Waals surface area contributed by atoms with Gasteiger partial charge in [0, 0.05) is 5.92 Å². The molecule has 8 unspecified atom stereocenters. The zero-order chi connectivity index (χ0) is 22.3. The summed E-state index contributed by atoms with van der Waals surface area (Å²) in [6, 6.07) is 0. The molecule has 3 nitrogen and oxygen atoms in total. The second-order valence-electron chi connectivity index (χ2n) is 12.1. The quantitative estimate of drug-likeness (QED) is 0.537. The minimum atomic E-state index is -0.708. The maximum Gasteiger partial charge on any atom is 0.306 e. The Labute approximate surface area is 184 Å². The smallest absolute Gasteiger partial charge is 0.306 e. The Morgan fingerprint density at radius 1 is 0.833 bits per heavy atom. The predicted molar refractivity (Wildman–Crippen MR) is 122 cm³/mol. The maximum atomic E-state index is 12.2. The Morgan fingerprint density at radius 3 is 2.07 bits per heavy atom. The van der Waals surface area contributed by atoms with Gasteiger partial charge in [-0.3, -0.25) is 9.59 Å². The van der Waals surface area contributed by atoms with E-state index < -0.39 is 5.97 Å². The van der Waals surface area contributed by atoms with Crippen molar-refractivity contribution in [1.82, 2.24) is 0 Å². The fraction of sp³-hybridized carbons (Fsp3) is 0.926. The second kappa shape index (κ2) is 8.94. The van der Waals surface area contributed by atoms with Crippen molar-refractivity contribution in [1.29, 1.82) is 0 Å². The Kier molecular flexibility index (Phi) is 7.09. The molecule has 0 spiro atoms. The molecule has 4 fully saturated rings. The molecule has 4 saturated carbocycles. The van der Waals surface area contributed by atoms with Gasteiger partial charge >= 0.3 is 5.97 Å². The molecule has 30 heavy (non-hydrogen) atoms. The van der Waals surface area contributed by atoms with E-state index in [-0.39, 0.29) is 11.8 Å². The van der Waals surface area contributed by atoms with E-state index in [1.54, 1.807) is 6.92 Å². The Hall–Kier alpha value is -0.860. The van der Waals surface area contributed by atoms with Crippen molar-refractivity contribution in [2.45, 2.75) is 106 Å². The third kappa shape index (κ3) is 4.11. The Morgan fingerprint density at radius 2 is 1.50 bits per heavy atom. The fourth-order valence-electron chi connectivity index (χ4n) is 8.25. The van der Waals surface area contributed by atoms with Gasteiger partial charge in [-0.25, -0.2) is 0 Å². The highest BCUT2D eigenvalue weighted by Gasteiger charge is 2.60. The van der Waals surface area contributed by atoms with Crippen LogP contribution in [0.3, 0.4) is 0 Å². The van der Waals surface area contributed by atoms with Crippen LogP contribution in [0.2, 0.25) is 0 Å². The highest BCUT2D eigenvalue weighted by Crippen LogP contribution is 2.67. The van der Waals surface area contributed by atoms with Crippen molar-refractivity contribution in [3.8, 4) is 0 Å². The van der Waals surface area contributed by atoms with Gasteiger partial charge in [-0.05, 0) is 98.7 Å². The van der Waals surface area contributed by atoms with Crippen LogP contribution in [-0.4, -0.2) is 16.9 Å². The molecule has 172 valence electrons. The summed E-state index contributed by atoms with van der Waals surface area (Å²) in [7, 11) is 0. The molecule has 0 aliphatic heterocycles. The summed E-state index contributed by atoms with van der Waals surface area (Å²) in [4.78, 5) is 22.3. The molecule has 0 heterocycles. The SMILES string of the molecule is CC(=O)C1CCC2C3CCC4CCCCC4(C)C3CCC12C.CC(C)C(C)C(=O)O. The summed E-state index contributed by atoms with van der Waals surface area (Å²) >= 11 is 0. The number of carboxylic acids is 1. The summed E-state index contributed by atoms with van der Waals surface area (Å²) in [6.45, 7) is 12.5. The maximum absolute atomic E-state index is 12.2. The van der Waals surface area contributed by atoms with E-state index >= 15 is 0 Å². The number of carbonyl (C=O) groups excluding carboxylic acids is 1. The molecule has 4 aliphatic rings. The number of aliphatic carboxylic acids is 1. The van der Waals surface area contributed by atoms with E-state index in [2.05, 4.69) is 13.8 Å². The summed E-state index contributed by atoms with van der Waals surface area (Å²) in [5.41, 5.74) is 0.974. The highest BCUT2D eigenvalue weighted by atomic mass is 16.4. The van der Waals surface area contributed by atoms with Gasteiger partial charge in [-0.15, -0.1) is 0 Å². The van der Waals surface area contributed by atoms with E-state index in [1.165, 1.54) is 64.2 Å². The second-order valence-corrected chi connectivity index (χ2v) is 12.1. The number of carbonyl (C=O) groups is 2. The molecular weight excluding hydrogens is 372 g/mol. The molecule has 0 saturated heterocycles. The molecule has 0 amide bonds. The van der Waals surface area contributed by atoms with Crippen molar-refractivity contribution in [2.75, 3.05) is 0 Å². The summed E-state index contributed by atoms with van der Waals surface area (Å²) in [6.07, 6.45) is 14.1. The van der Waals surface area contributed by atoms with Gasteiger partial charge in [0.15, 0.2) is 0 Å². The van der Waals surface area contributed by atoms with Gasteiger partial charge in [-0.1, -0.05) is 47.5 Å². The minimum Gasteiger partial charge on any atom is -0.481 e. The highest BCUT2D eigenvalue weighted by molar-refractivity contribution is 5.79. The van der Waals surface area contributed by atoms with Crippen LogP contribution < -0.4 is 0 Å². The van der Waals surface area contributed by atoms with Gasteiger partial charge in [0.25, 0.3) is 0 Å². The van der Waals surface area contributed by atoms with E-state index in [0.717, 1.165) is 23.7 Å². The van der Waals surface area contributed by atoms with Crippen molar-refractivity contribution in [3.63, 3.8) is 0 Å². The summed E-state index contributed by atoms with van der Waals surface area (Å²) in [5, 5.41) is 8.35. The van der Waals surface area contributed by atoms with Crippen LogP contribution in [0.15, 0.2) is 0 Å². The predicted octanol–water partition coefficient (Wildman–Crippen LogP) is 6.99. The number of hydrogen-bond acceptors (Lipinski definition) is 2. The number of hydrogen-bond donors (Lipinski definition) is 1. The minimum absolute atomic E-state index is 0.213. The average Bonchev–Trinajstić information content (AvgIpc) is 3.04. The van der Waals surface area contributed by atoms with Gasteiger partial charge in [0.1, 0.15) is 5.78 Å². The number of Topliss-reactive ketones (excluding diaryl/α,β-unsaturated/α-hetero) is 1. The molecule has 1 N–H and O–H groups in total. The number of fused-ring (bicyclic) bond motifs is 5. The van der Waals surface area contributed by atoms with Crippen LogP contribution in [-0.2, 0) is 9.59 Å². The first-order chi connectivity index (χ1) is 14.0. The molecule has 0 radical (unpaired) electrons. The lowest BCUT2D eigenvalue weighted by Gasteiger charge is -2.60. The van der Waals surface area contributed by atoms with Crippen molar-refractivity contribution < 1.29 is 14.7 Å². The molecule has 0 aromatic carbocycles. The number of carboxylic acid groups (broad SMARTS) is 1. The molecule has 0 bridgehead atoms. The van der Waals surface area contributed by atoms with Crippen LogP contribution in [0.4, 0.5) is 0 Å². The third-order valence-corrected chi connectivity index (χ3v) is 10.5. The van der Waals surface area contributed by atoms with Crippen molar-refractivity contribution in [3.05, 3.63) is 0 Å². The normalized spacial score (nSPS) is 43.5. The molecule has 4 aliphatic carbocycles. The standard InChI is InChI=1S/C21H34O.C6H12O2/c1-14(22)17-9-10-18-16-8-7-15-6-4-5-12-20(15,2)19(16)11-13-21(17,18)3;1-4(2)5(3)6(7)8/h15-19H,4-13H2,1-3H3;4-5H,1-3H3,(H,7,8). The van der Waals surface area contributed by atoms with E-state index in [0.29, 0.717) is 22.5 Å². The third-order valence-electron chi connectivity index (χ3n) is 10.5. The molecular formula is C27H46O3. The lowest BCUT2D eigenvalue weighted by atomic mass is 9.45. The van der Waals surface area contributed by atoms with Crippen LogP contribution in [0.25, 0.3) is 0 Å². The molecule has 3 heteroatoms. The van der Waals surface area contributed by atoms with Gasteiger partial charge in [0.2, 0.25) is 0 Å². The fourth-order valence-corrected chi connectivity index (χ4v) is 8.25. The topological polar surface area (TPSA) is 54.4 Å². The number of ketones is 1. The average molecular weight is 419 g/mol. The van der Waals surface area contributed by atoms with Crippen molar-refractivity contribution in [2.24, 2.45) is 52.3 Å². The largest absolute Gasteiger partial charge is 0.481 e. The first kappa shape index (κ1) is 23.8. The molecule has 4 rings (SSSR count). The summed E-state index contributed by atoms with van der Waals surface area (Å²) < 4.78 is 0. The van der Waals surface area contributed by atoms with E-state index in [1.807, 2.05) is 20.8 Å². The van der Waals surface area contributed by atoms with Gasteiger partial charge < -0.3 is 5.11 Å². The van der Waals surface area contributed by atoms with Crippen molar-refractivity contribution >= 4 is 11.8 Å². The monoisotopic (exact) mass is 418 g/mol. The van der Waals surface area contributed by atoms with Crippen LogP contribution in [0, 0.1) is 52.3 Å². The Balaban J connectivity index is 0.000000275. The van der Waals surface area contributed by atoms with Crippen LogP contribution in [0.5, 0.6) is 0 Å². The zero-order valence-electron chi connectivity index (χ0n) is 20.4. The zero-order valence-corrected chi connectivity index (χ0v) is 20.4. The first-order valence-electron chi connectivity index (χ1n) is 12.8. The first-order valence-corrected chi connectivity index (χ1v) is 12.8. The molecule has 0 aromatic rings. The molecule has 0 aromatic heterocycles. The molecule has 8 atom stereocenters. The Bertz CT molecular complexity index is 640. The van der Waals surface area contributed by atoms with Crippen LogP contribution >= 0.6 is 0 Å². The van der Waals surface area contributed by atoms with E-state index in [9.17, 15) is 9.59 Å². The lowest BCUT2D eigenvalue weighted by molar-refractivity contribution is -0.142. The van der Waals surface area contributed by atoms with E-state index in [4.69, 9.17) is 5.11 Å².